The highest BCUT2D eigenvalue weighted by Gasteiger charge is 2.58. The lowest BCUT2D eigenvalue weighted by atomic mass is 9.73. The van der Waals surface area contributed by atoms with Crippen molar-refractivity contribution in [2.75, 3.05) is 11.9 Å². The van der Waals surface area contributed by atoms with Gasteiger partial charge in [-0.25, -0.2) is 4.98 Å². The molecule has 2 atom stereocenters. The summed E-state index contributed by atoms with van der Waals surface area (Å²) in [6, 6.07) is 7.37. The number of amides is 2. The second-order valence-corrected chi connectivity index (χ2v) is 7.24. The van der Waals surface area contributed by atoms with Crippen molar-refractivity contribution in [2.24, 2.45) is 0 Å². The minimum Gasteiger partial charge on any atom is -0.334 e. The van der Waals surface area contributed by atoms with Gasteiger partial charge in [0.2, 0.25) is 5.91 Å². The van der Waals surface area contributed by atoms with Crippen LogP contribution in [0.5, 0.6) is 0 Å². The molecule has 7 heteroatoms. The van der Waals surface area contributed by atoms with Gasteiger partial charge < -0.3 is 15.2 Å². The summed E-state index contributed by atoms with van der Waals surface area (Å²) in [4.78, 5) is 46.8. The zero-order chi connectivity index (χ0) is 19.2. The first-order chi connectivity index (χ1) is 13.0. The van der Waals surface area contributed by atoms with Gasteiger partial charge in [0.1, 0.15) is 11.4 Å². The number of aromatic amines is 1. The molecule has 140 valence electrons. The van der Waals surface area contributed by atoms with Gasteiger partial charge in [-0.05, 0) is 31.4 Å². The molecule has 1 spiro atoms. The molecule has 2 aliphatic rings. The Morgan fingerprint density at radius 2 is 2.11 bits per heavy atom. The third kappa shape index (κ3) is 2.49. The Morgan fingerprint density at radius 1 is 1.33 bits per heavy atom. The monoisotopic (exact) mass is 366 g/mol. The molecule has 3 heterocycles. The number of carbonyl (C=O) groups excluding carboxylic acids is 2. The molecule has 1 aromatic heterocycles. The van der Waals surface area contributed by atoms with E-state index in [9.17, 15) is 14.4 Å². The maximum absolute atomic E-state index is 13.2. The first-order valence-corrected chi connectivity index (χ1v) is 9.27. The smallest absolute Gasteiger partial charge is 0.263 e. The zero-order valence-corrected chi connectivity index (χ0v) is 15.4. The topological polar surface area (TPSA) is 95.2 Å². The van der Waals surface area contributed by atoms with Gasteiger partial charge in [0.25, 0.3) is 11.5 Å². The molecule has 7 nitrogen and oxygen atoms in total. The van der Waals surface area contributed by atoms with E-state index in [1.165, 1.54) is 6.20 Å². The molecule has 2 aromatic rings. The van der Waals surface area contributed by atoms with E-state index in [2.05, 4.69) is 15.3 Å². The summed E-state index contributed by atoms with van der Waals surface area (Å²) in [5.74, 6) is 0.0355. The van der Waals surface area contributed by atoms with Gasteiger partial charge in [-0.3, -0.25) is 14.4 Å². The Bertz CT molecular complexity index is 983. The van der Waals surface area contributed by atoms with Crippen LogP contribution in [-0.4, -0.2) is 39.3 Å². The highest BCUT2D eigenvalue weighted by atomic mass is 16.2. The predicted molar refractivity (Wildman–Crippen MR) is 101 cm³/mol. The van der Waals surface area contributed by atoms with Crippen molar-refractivity contribution < 1.29 is 9.59 Å². The highest BCUT2D eigenvalue weighted by Crippen LogP contribution is 2.49. The van der Waals surface area contributed by atoms with Gasteiger partial charge in [-0.2, -0.15) is 0 Å². The number of hydrogen-bond donors (Lipinski definition) is 2. The van der Waals surface area contributed by atoms with Crippen LogP contribution in [0, 0.1) is 6.92 Å². The van der Waals surface area contributed by atoms with E-state index in [4.69, 9.17) is 0 Å². The van der Waals surface area contributed by atoms with Crippen molar-refractivity contribution in [1.29, 1.82) is 0 Å². The molecule has 2 N–H and O–H groups in total. The third-order valence-corrected chi connectivity index (χ3v) is 5.73. The van der Waals surface area contributed by atoms with Crippen LogP contribution in [0.25, 0.3) is 0 Å². The lowest BCUT2D eigenvalue weighted by Gasteiger charge is -2.33. The molecular weight excluding hydrogens is 344 g/mol. The fourth-order valence-corrected chi connectivity index (χ4v) is 4.51. The van der Waals surface area contributed by atoms with Crippen LogP contribution in [0.1, 0.15) is 47.9 Å². The molecule has 0 aliphatic carbocycles. The van der Waals surface area contributed by atoms with E-state index in [0.717, 1.165) is 17.7 Å². The fraction of sp³-hybridized carbons (Fsp3) is 0.400. The molecule has 2 aliphatic heterocycles. The molecule has 0 unspecified atom stereocenters. The molecule has 0 radical (unpaired) electrons. The number of fused-ring (bicyclic) bond motifs is 2. The van der Waals surface area contributed by atoms with Crippen LogP contribution >= 0.6 is 0 Å². The summed E-state index contributed by atoms with van der Waals surface area (Å²) >= 11 is 0. The molecule has 2 amide bonds. The van der Waals surface area contributed by atoms with Gasteiger partial charge in [-0.15, -0.1) is 0 Å². The summed E-state index contributed by atoms with van der Waals surface area (Å²) in [7, 11) is 0. The Kier molecular flexibility index (Phi) is 4.09. The van der Waals surface area contributed by atoms with Gasteiger partial charge in [0, 0.05) is 18.4 Å². The van der Waals surface area contributed by atoms with Crippen LogP contribution in [0.15, 0.2) is 35.3 Å². The maximum atomic E-state index is 13.2. The Morgan fingerprint density at radius 3 is 2.85 bits per heavy atom. The number of para-hydroxylation sites is 1. The Labute approximate surface area is 156 Å². The SMILES string of the molecule is CCC[C@@H]1N(C(=O)c2cnc(C)[nH]c2=O)CC[C@@]12C(=O)Nc1ccccc12. The summed E-state index contributed by atoms with van der Waals surface area (Å²) < 4.78 is 0. The third-order valence-electron chi connectivity index (χ3n) is 5.73. The maximum Gasteiger partial charge on any atom is 0.263 e. The first-order valence-electron chi connectivity index (χ1n) is 9.27. The molecule has 0 saturated carbocycles. The normalized spacial score (nSPS) is 23.6. The number of H-pyrrole nitrogens is 1. The van der Waals surface area contributed by atoms with Crippen molar-refractivity contribution in [3.8, 4) is 0 Å². The number of hydrogen-bond acceptors (Lipinski definition) is 4. The van der Waals surface area contributed by atoms with Crippen molar-refractivity contribution in [3.63, 3.8) is 0 Å². The average Bonchev–Trinajstić information content (AvgIpc) is 3.15. The summed E-state index contributed by atoms with van der Waals surface area (Å²) in [5, 5.41) is 2.98. The number of benzene rings is 1. The molecule has 1 aromatic carbocycles. The number of rotatable bonds is 3. The fourth-order valence-electron chi connectivity index (χ4n) is 4.51. The first kappa shape index (κ1) is 17.5. The second kappa shape index (κ2) is 6.33. The number of anilines is 1. The number of carbonyl (C=O) groups is 2. The number of likely N-dealkylation sites (tertiary alicyclic amines) is 1. The van der Waals surface area contributed by atoms with E-state index < -0.39 is 11.0 Å². The minimum absolute atomic E-state index is 0.0189. The zero-order valence-electron chi connectivity index (χ0n) is 15.4. The lowest BCUT2D eigenvalue weighted by Crippen LogP contribution is -2.49. The number of nitrogens with zero attached hydrogens (tertiary/aromatic N) is 2. The van der Waals surface area contributed by atoms with Crippen molar-refractivity contribution in [1.82, 2.24) is 14.9 Å². The van der Waals surface area contributed by atoms with Gasteiger partial charge in [0.05, 0.1) is 11.5 Å². The minimum atomic E-state index is -0.757. The van der Waals surface area contributed by atoms with Crippen molar-refractivity contribution >= 4 is 17.5 Å². The van der Waals surface area contributed by atoms with Crippen LogP contribution < -0.4 is 10.9 Å². The molecule has 1 saturated heterocycles. The largest absolute Gasteiger partial charge is 0.334 e. The number of nitrogens with one attached hydrogen (secondary N) is 2. The molecule has 1 fully saturated rings. The number of aromatic nitrogens is 2. The predicted octanol–water partition coefficient (Wildman–Crippen LogP) is 1.98. The Balaban J connectivity index is 1.77. The standard InChI is InChI=1S/C20H22N4O3/c1-3-6-16-20(14-7-4-5-8-15(14)23-19(20)27)9-10-24(16)18(26)13-11-21-12(2)22-17(13)25/h4-5,7-8,11,16H,3,6,9-10H2,1-2H3,(H,23,27)(H,21,22,25)/t16-,20-/m0/s1. The van der Waals surface area contributed by atoms with Gasteiger partial charge in [-0.1, -0.05) is 31.5 Å². The summed E-state index contributed by atoms with van der Waals surface area (Å²) in [6.07, 6.45) is 3.38. The average molecular weight is 366 g/mol. The van der Waals surface area contributed by atoms with E-state index in [0.29, 0.717) is 25.2 Å². The van der Waals surface area contributed by atoms with Gasteiger partial charge >= 0.3 is 0 Å². The molecule has 4 rings (SSSR count). The van der Waals surface area contributed by atoms with Crippen LogP contribution in [0.3, 0.4) is 0 Å². The Hall–Kier alpha value is -2.96. The highest BCUT2D eigenvalue weighted by molar-refractivity contribution is 6.08. The van der Waals surface area contributed by atoms with E-state index in [1.807, 2.05) is 31.2 Å². The van der Waals surface area contributed by atoms with Crippen LogP contribution in [0.4, 0.5) is 5.69 Å². The second-order valence-electron chi connectivity index (χ2n) is 7.24. The molecular formula is C20H22N4O3. The van der Waals surface area contributed by atoms with Crippen LogP contribution in [0.2, 0.25) is 0 Å². The van der Waals surface area contributed by atoms with Crippen molar-refractivity contribution in [3.05, 3.63) is 57.8 Å². The van der Waals surface area contributed by atoms with Gasteiger partial charge in [0.15, 0.2) is 0 Å². The van der Waals surface area contributed by atoms with Crippen LogP contribution in [-0.2, 0) is 10.2 Å². The summed E-state index contributed by atoms with van der Waals surface area (Å²) in [6.45, 7) is 4.13. The quantitative estimate of drug-likeness (QED) is 0.868. The molecule has 0 bridgehead atoms. The van der Waals surface area contributed by atoms with Crippen molar-refractivity contribution in [2.45, 2.75) is 44.6 Å². The number of aryl methyl sites for hydroxylation is 1. The summed E-state index contributed by atoms with van der Waals surface area (Å²) in [5.41, 5.74) is 0.575. The van der Waals surface area contributed by atoms with E-state index >= 15 is 0 Å². The molecule has 27 heavy (non-hydrogen) atoms. The van der Waals surface area contributed by atoms with E-state index in [-0.39, 0.29) is 23.4 Å². The van der Waals surface area contributed by atoms with E-state index in [1.54, 1.807) is 11.8 Å². The lowest BCUT2D eigenvalue weighted by molar-refractivity contribution is -0.121.